The molecule has 2 aliphatic carbocycles. The average Bonchev–Trinajstić information content (AvgIpc) is 3.10. The van der Waals surface area contributed by atoms with E-state index in [1.54, 1.807) is 24.3 Å². The molecule has 104 valence electrons. The van der Waals surface area contributed by atoms with Crippen LogP contribution >= 0.6 is 0 Å². The van der Waals surface area contributed by atoms with Crippen LogP contribution in [0, 0.1) is 17.8 Å². The summed E-state index contributed by atoms with van der Waals surface area (Å²) in [7, 11) is 1.35. The SMILES string of the molecule is COC(=O)c1ccc(NC(=O)C2CC3C=CC2C3)cc1. The maximum absolute atomic E-state index is 12.2. The van der Waals surface area contributed by atoms with E-state index in [0.29, 0.717) is 17.4 Å². The van der Waals surface area contributed by atoms with Gasteiger partial charge < -0.3 is 10.1 Å². The van der Waals surface area contributed by atoms with Gasteiger partial charge in [0.25, 0.3) is 0 Å². The monoisotopic (exact) mass is 271 g/mol. The molecule has 2 aliphatic rings. The van der Waals surface area contributed by atoms with Crippen molar-refractivity contribution < 1.29 is 14.3 Å². The minimum absolute atomic E-state index is 0.0765. The van der Waals surface area contributed by atoms with E-state index in [2.05, 4.69) is 22.2 Å². The maximum atomic E-state index is 12.2. The number of nitrogens with one attached hydrogen (secondary N) is 1. The summed E-state index contributed by atoms with van der Waals surface area (Å²) in [5.74, 6) is 0.769. The Kier molecular flexibility index (Phi) is 3.30. The normalized spacial score (nSPS) is 26.6. The van der Waals surface area contributed by atoms with E-state index in [1.807, 2.05) is 0 Å². The Morgan fingerprint density at radius 3 is 2.45 bits per heavy atom. The molecule has 3 atom stereocenters. The lowest BCUT2D eigenvalue weighted by Crippen LogP contribution is -2.25. The number of fused-ring (bicyclic) bond motifs is 2. The van der Waals surface area contributed by atoms with E-state index in [9.17, 15) is 9.59 Å². The zero-order chi connectivity index (χ0) is 14.1. The highest BCUT2D eigenvalue weighted by Gasteiger charge is 2.39. The molecule has 1 saturated carbocycles. The molecular formula is C16H17NO3. The number of esters is 1. The van der Waals surface area contributed by atoms with Crippen molar-refractivity contribution in [3.05, 3.63) is 42.0 Å². The van der Waals surface area contributed by atoms with Crippen molar-refractivity contribution in [1.82, 2.24) is 0 Å². The highest BCUT2D eigenvalue weighted by atomic mass is 16.5. The Bertz CT molecular complexity index is 562. The average molecular weight is 271 g/mol. The Morgan fingerprint density at radius 2 is 1.90 bits per heavy atom. The lowest BCUT2D eigenvalue weighted by molar-refractivity contribution is -0.120. The third-order valence-electron chi connectivity index (χ3n) is 4.19. The third-order valence-corrected chi connectivity index (χ3v) is 4.19. The number of amides is 1. The van der Waals surface area contributed by atoms with Gasteiger partial charge in [-0.3, -0.25) is 4.79 Å². The Hall–Kier alpha value is -2.10. The number of ether oxygens (including phenoxy) is 1. The molecule has 20 heavy (non-hydrogen) atoms. The Balaban J connectivity index is 1.64. The van der Waals surface area contributed by atoms with E-state index in [-0.39, 0.29) is 17.8 Å². The van der Waals surface area contributed by atoms with E-state index in [0.717, 1.165) is 18.5 Å². The molecule has 1 aromatic rings. The van der Waals surface area contributed by atoms with Crippen LogP contribution in [0.4, 0.5) is 5.69 Å². The van der Waals surface area contributed by atoms with Gasteiger partial charge in [0, 0.05) is 11.6 Å². The van der Waals surface area contributed by atoms with Gasteiger partial charge in [-0.05, 0) is 48.9 Å². The first-order chi connectivity index (χ1) is 9.67. The van der Waals surface area contributed by atoms with Crippen molar-refractivity contribution in [2.24, 2.45) is 17.8 Å². The highest BCUT2D eigenvalue weighted by molar-refractivity contribution is 5.94. The summed E-state index contributed by atoms with van der Waals surface area (Å²) in [5.41, 5.74) is 1.20. The number of methoxy groups -OCH3 is 1. The molecule has 1 aromatic carbocycles. The topological polar surface area (TPSA) is 55.4 Å². The van der Waals surface area contributed by atoms with Gasteiger partial charge in [0.2, 0.25) is 5.91 Å². The zero-order valence-electron chi connectivity index (χ0n) is 11.3. The molecule has 1 N–H and O–H groups in total. The van der Waals surface area contributed by atoms with Crippen molar-refractivity contribution in [2.75, 3.05) is 12.4 Å². The summed E-state index contributed by atoms with van der Waals surface area (Å²) in [5, 5.41) is 2.93. The molecule has 0 aliphatic heterocycles. The van der Waals surface area contributed by atoms with E-state index in [1.165, 1.54) is 7.11 Å². The van der Waals surface area contributed by atoms with Crippen molar-refractivity contribution in [3.8, 4) is 0 Å². The van der Waals surface area contributed by atoms with Crippen molar-refractivity contribution in [3.63, 3.8) is 0 Å². The first-order valence-electron chi connectivity index (χ1n) is 6.85. The summed E-state index contributed by atoms with van der Waals surface area (Å²) in [4.78, 5) is 23.6. The molecule has 1 amide bonds. The molecule has 0 spiro atoms. The largest absolute Gasteiger partial charge is 0.465 e. The van der Waals surface area contributed by atoms with Crippen LogP contribution in [0.2, 0.25) is 0 Å². The van der Waals surface area contributed by atoms with Gasteiger partial charge in [-0.15, -0.1) is 0 Å². The Labute approximate surface area is 117 Å². The quantitative estimate of drug-likeness (QED) is 0.679. The number of benzene rings is 1. The summed E-state index contributed by atoms with van der Waals surface area (Å²) in [6, 6.07) is 6.77. The number of hydrogen-bond acceptors (Lipinski definition) is 3. The first kappa shape index (κ1) is 12.9. The predicted octanol–water partition coefficient (Wildman–Crippen LogP) is 2.62. The second-order valence-corrected chi connectivity index (χ2v) is 5.44. The number of carbonyl (C=O) groups excluding carboxylic acids is 2. The fourth-order valence-corrected chi connectivity index (χ4v) is 3.12. The van der Waals surface area contributed by atoms with E-state index >= 15 is 0 Å². The summed E-state index contributed by atoms with van der Waals surface area (Å²) >= 11 is 0. The van der Waals surface area contributed by atoms with Crippen LogP contribution < -0.4 is 5.32 Å². The molecule has 3 rings (SSSR count). The smallest absolute Gasteiger partial charge is 0.337 e. The van der Waals surface area contributed by atoms with Gasteiger partial charge in [-0.2, -0.15) is 0 Å². The van der Waals surface area contributed by atoms with Crippen LogP contribution in [0.25, 0.3) is 0 Å². The molecule has 4 heteroatoms. The second-order valence-electron chi connectivity index (χ2n) is 5.44. The van der Waals surface area contributed by atoms with Gasteiger partial charge >= 0.3 is 5.97 Å². The molecule has 1 fully saturated rings. The van der Waals surface area contributed by atoms with Crippen molar-refractivity contribution in [2.45, 2.75) is 12.8 Å². The third kappa shape index (κ3) is 2.33. The lowest BCUT2D eigenvalue weighted by atomic mass is 9.93. The van der Waals surface area contributed by atoms with Crippen LogP contribution in [0.5, 0.6) is 0 Å². The van der Waals surface area contributed by atoms with Gasteiger partial charge in [-0.1, -0.05) is 12.2 Å². The number of carbonyl (C=O) groups is 2. The van der Waals surface area contributed by atoms with Crippen molar-refractivity contribution in [1.29, 1.82) is 0 Å². The standard InChI is InChI=1S/C16H17NO3/c1-20-16(19)11-4-6-13(7-5-11)17-15(18)14-9-10-2-3-12(14)8-10/h2-7,10,12,14H,8-9H2,1H3,(H,17,18). The van der Waals surface area contributed by atoms with Gasteiger partial charge in [-0.25, -0.2) is 4.79 Å². The molecule has 0 radical (unpaired) electrons. The summed E-state index contributed by atoms with van der Waals surface area (Å²) < 4.78 is 4.64. The lowest BCUT2D eigenvalue weighted by Gasteiger charge is -2.17. The molecule has 3 unspecified atom stereocenters. The summed E-state index contributed by atoms with van der Waals surface area (Å²) in [6.07, 6.45) is 6.45. The van der Waals surface area contributed by atoms with Crippen LogP contribution in [-0.4, -0.2) is 19.0 Å². The Morgan fingerprint density at radius 1 is 1.15 bits per heavy atom. The molecular weight excluding hydrogens is 254 g/mol. The first-order valence-corrected chi connectivity index (χ1v) is 6.85. The van der Waals surface area contributed by atoms with Crippen LogP contribution in [-0.2, 0) is 9.53 Å². The van der Waals surface area contributed by atoms with Gasteiger partial charge in [0.1, 0.15) is 0 Å². The number of hydrogen-bond donors (Lipinski definition) is 1. The minimum atomic E-state index is -0.374. The zero-order valence-corrected chi connectivity index (χ0v) is 11.3. The molecule has 0 aromatic heterocycles. The molecule has 0 saturated heterocycles. The van der Waals surface area contributed by atoms with E-state index in [4.69, 9.17) is 0 Å². The minimum Gasteiger partial charge on any atom is -0.465 e. The summed E-state index contributed by atoms with van der Waals surface area (Å²) in [6.45, 7) is 0. The van der Waals surface area contributed by atoms with Gasteiger partial charge in [0.15, 0.2) is 0 Å². The van der Waals surface area contributed by atoms with Crippen LogP contribution in [0.3, 0.4) is 0 Å². The molecule has 0 heterocycles. The van der Waals surface area contributed by atoms with Crippen LogP contribution in [0.1, 0.15) is 23.2 Å². The molecule has 2 bridgehead atoms. The fourth-order valence-electron chi connectivity index (χ4n) is 3.12. The fraction of sp³-hybridized carbons (Fsp3) is 0.375. The number of anilines is 1. The maximum Gasteiger partial charge on any atom is 0.337 e. The number of allylic oxidation sites excluding steroid dienone is 2. The van der Waals surface area contributed by atoms with E-state index < -0.39 is 0 Å². The van der Waals surface area contributed by atoms with Crippen molar-refractivity contribution >= 4 is 17.6 Å². The number of rotatable bonds is 3. The highest BCUT2D eigenvalue weighted by Crippen LogP contribution is 2.43. The second kappa shape index (κ2) is 5.12. The van der Waals surface area contributed by atoms with Gasteiger partial charge in [0.05, 0.1) is 12.7 Å². The van der Waals surface area contributed by atoms with Crippen LogP contribution in [0.15, 0.2) is 36.4 Å². The predicted molar refractivity (Wildman–Crippen MR) is 75.3 cm³/mol. The molecule has 4 nitrogen and oxygen atoms in total.